The van der Waals surface area contributed by atoms with Crippen LogP contribution in [-0.2, 0) is 11.3 Å². The van der Waals surface area contributed by atoms with Crippen molar-refractivity contribution < 1.29 is 4.79 Å². The fraction of sp³-hybridized carbons (Fsp3) is 0.700. The maximum absolute atomic E-state index is 11.4. The van der Waals surface area contributed by atoms with Crippen LogP contribution in [0.3, 0.4) is 0 Å². The molecule has 0 aromatic carbocycles. The summed E-state index contributed by atoms with van der Waals surface area (Å²) in [6.45, 7) is 3.20. The Kier molecular flexibility index (Phi) is 3.38. The van der Waals surface area contributed by atoms with Crippen LogP contribution in [0.2, 0.25) is 0 Å². The molecule has 1 aromatic rings. The summed E-state index contributed by atoms with van der Waals surface area (Å²) in [5.74, 6) is 1.61. The highest BCUT2D eigenvalue weighted by atomic mass is 32.1. The van der Waals surface area contributed by atoms with E-state index in [1.54, 1.807) is 0 Å². The first-order valence-electron chi connectivity index (χ1n) is 5.64. The van der Waals surface area contributed by atoms with E-state index in [9.17, 15) is 4.79 Å². The molecule has 0 saturated heterocycles. The quantitative estimate of drug-likeness (QED) is 0.764. The maximum atomic E-state index is 11.4. The molecule has 1 fully saturated rings. The molecule has 0 spiro atoms. The summed E-state index contributed by atoms with van der Waals surface area (Å²) in [5.41, 5.74) is 0. The lowest BCUT2D eigenvalue weighted by atomic mass is 10.3. The van der Waals surface area contributed by atoms with Crippen molar-refractivity contribution in [3.05, 3.63) is 10.6 Å². The number of H-pyrrole nitrogens is 1. The van der Waals surface area contributed by atoms with Crippen LogP contribution in [0.15, 0.2) is 0 Å². The van der Waals surface area contributed by atoms with Crippen LogP contribution in [0.4, 0.5) is 0 Å². The summed E-state index contributed by atoms with van der Waals surface area (Å²) in [5, 5.41) is 9.79. The van der Waals surface area contributed by atoms with Gasteiger partial charge < -0.3 is 9.88 Å². The molecule has 1 aliphatic carbocycles. The molecule has 1 aromatic heterocycles. The molecule has 0 bridgehead atoms. The van der Waals surface area contributed by atoms with Crippen LogP contribution in [0, 0.1) is 4.77 Å². The Bertz CT molecular complexity index is 432. The average Bonchev–Trinajstić information content (AvgIpc) is 3.02. The zero-order valence-corrected chi connectivity index (χ0v) is 10.1. The second-order valence-corrected chi connectivity index (χ2v) is 4.40. The second-order valence-electron chi connectivity index (χ2n) is 4.02. The molecule has 1 aliphatic rings. The number of aromatic amines is 1. The number of carbonyl (C=O) groups is 1. The number of carbonyl (C=O) groups excluding carboxylic acids is 1. The lowest BCUT2D eigenvalue weighted by Crippen LogP contribution is -2.24. The van der Waals surface area contributed by atoms with Crippen LogP contribution >= 0.6 is 12.2 Å². The second kappa shape index (κ2) is 4.78. The normalized spacial score (nSPS) is 15.1. The van der Waals surface area contributed by atoms with Gasteiger partial charge in [-0.3, -0.25) is 9.89 Å². The first-order chi connectivity index (χ1) is 7.72. The Balaban J connectivity index is 2.00. The number of amides is 1. The minimum Gasteiger partial charge on any atom is -0.356 e. The average molecular weight is 240 g/mol. The Hall–Kier alpha value is -1.17. The molecular weight excluding hydrogens is 224 g/mol. The van der Waals surface area contributed by atoms with Crippen molar-refractivity contribution >= 4 is 18.1 Å². The van der Waals surface area contributed by atoms with Crippen LogP contribution < -0.4 is 5.32 Å². The molecule has 2 N–H and O–H groups in total. The van der Waals surface area contributed by atoms with Crippen LogP contribution in [0.5, 0.6) is 0 Å². The summed E-state index contributed by atoms with van der Waals surface area (Å²) >= 11 is 5.15. The SMILES string of the molecule is CCNC(=O)CCn1c(C2CC2)n[nH]c1=S. The van der Waals surface area contributed by atoms with Crippen LogP contribution in [0.25, 0.3) is 0 Å². The molecule has 0 radical (unpaired) electrons. The van der Waals surface area contributed by atoms with Gasteiger partial charge in [0.05, 0.1) is 0 Å². The zero-order chi connectivity index (χ0) is 11.5. The summed E-state index contributed by atoms with van der Waals surface area (Å²) in [4.78, 5) is 11.4. The van der Waals surface area contributed by atoms with Gasteiger partial charge in [0.1, 0.15) is 5.82 Å². The largest absolute Gasteiger partial charge is 0.356 e. The standard InChI is InChI=1S/C10H16N4OS/c1-2-11-8(15)5-6-14-9(7-3-4-7)12-13-10(14)16/h7H,2-6H2,1H3,(H,11,15)(H,13,16). The number of aromatic nitrogens is 3. The predicted octanol–water partition coefficient (Wildman–Crippen LogP) is 1.34. The minimum atomic E-state index is 0.0624. The third-order valence-electron chi connectivity index (χ3n) is 2.67. The maximum Gasteiger partial charge on any atom is 0.221 e. The molecule has 1 heterocycles. The van der Waals surface area contributed by atoms with Crippen LogP contribution in [-0.4, -0.2) is 27.2 Å². The van der Waals surface area contributed by atoms with E-state index in [-0.39, 0.29) is 5.91 Å². The van der Waals surface area contributed by atoms with E-state index in [0.29, 0.717) is 30.2 Å². The van der Waals surface area contributed by atoms with E-state index >= 15 is 0 Å². The van der Waals surface area contributed by atoms with Crippen molar-refractivity contribution in [2.45, 2.75) is 38.6 Å². The summed E-state index contributed by atoms with van der Waals surface area (Å²) in [7, 11) is 0. The Morgan fingerprint density at radius 3 is 3.06 bits per heavy atom. The van der Waals surface area contributed by atoms with Crippen molar-refractivity contribution in [1.82, 2.24) is 20.1 Å². The number of nitrogens with one attached hydrogen (secondary N) is 2. The van der Waals surface area contributed by atoms with Crippen molar-refractivity contribution in [2.75, 3.05) is 6.54 Å². The van der Waals surface area contributed by atoms with Gasteiger partial charge in [-0.15, -0.1) is 0 Å². The fourth-order valence-corrected chi connectivity index (χ4v) is 1.93. The smallest absolute Gasteiger partial charge is 0.221 e. The van der Waals surface area contributed by atoms with Crippen molar-refractivity contribution in [3.8, 4) is 0 Å². The Labute approximate surface area is 99.2 Å². The van der Waals surface area contributed by atoms with Gasteiger partial charge in [-0.2, -0.15) is 5.10 Å². The lowest BCUT2D eigenvalue weighted by Gasteiger charge is -2.05. The Morgan fingerprint density at radius 1 is 1.69 bits per heavy atom. The molecule has 6 heteroatoms. The number of nitrogens with zero attached hydrogens (tertiary/aromatic N) is 2. The van der Waals surface area contributed by atoms with E-state index in [4.69, 9.17) is 12.2 Å². The summed E-state index contributed by atoms with van der Waals surface area (Å²) in [6.07, 6.45) is 2.82. The van der Waals surface area contributed by atoms with Gasteiger partial charge in [0.15, 0.2) is 4.77 Å². The highest BCUT2D eigenvalue weighted by Crippen LogP contribution is 2.38. The molecule has 88 valence electrons. The minimum absolute atomic E-state index is 0.0624. The van der Waals surface area contributed by atoms with E-state index in [0.717, 1.165) is 5.82 Å². The number of hydrogen-bond donors (Lipinski definition) is 2. The van der Waals surface area contributed by atoms with E-state index in [2.05, 4.69) is 15.5 Å². The molecule has 1 saturated carbocycles. The van der Waals surface area contributed by atoms with E-state index in [1.807, 2.05) is 11.5 Å². The zero-order valence-electron chi connectivity index (χ0n) is 9.32. The van der Waals surface area contributed by atoms with Gasteiger partial charge in [-0.05, 0) is 32.0 Å². The van der Waals surface area contributed by atoms with Gasteiger partial charge in [0, 0.05) is 25.4 Å². The van der Waals surface area contributed by atoms with Gasteiger partial charge in [0.25, 0.3) is 0 Å². The first-order valence-corrected chi connectivity index (χ1v) is 6.05. The third-order valence-corrected chi connectivity index (χ3v) is 2.98. The molecule has 0 aliphatic heterocycles. The van der Waals surface area contributed by atoms with E-state index in [1.165, 1.54) is 12.8 Å². The summed E-state index contributed by atoms with van der Waals surface area (Å²) < 4.78 is 2.56. The third kappa shape index (κ3) is 2.49. The highest BCUT2D eigenvalue weighted by molar-refractivity contribution is 7.71. The molecule has 2 rings (SSSR count). The van der Waals surface area contributed by atoms with E-state index < -0.39 is 0 Å². The molecule has 1 amide bonds. The van der Waals surface area contributed by atoms with Crippen LogP contribution in [0.1, 0.15) is 37.9 Å². The highest BCUT2D eigenvalue weighted by Gasteiger charge is 2.28. The fourth-order valence-electron chi connectivity index (χ4n) is 1.70. The van der Waals surface area contributed by atoms with Gasteiger partial charge >= 0.3 is 0 Å². The molecule has 0 atom stereocenters. The van der Waals surface area contributed by atoms with Gasteiger partial charge in [0.2, 0.25) is 5.91 Å². The van der Waals surface area contributed by atoms with Crippen molar-refractivity contribution in [3.63, 3.8) is 0 Å². The number of hydrogen-bond acceptors (Lipinski definition) is 3. The molecule has 0 unspecified atom stereocenters. The van der Waals surface area contributed by atoms with Gasteiger partial charge in [-0.1, -0.05) is 0 Å². The van der Waals surface area contributed by atoms with Crippen molar-refractivity contribution in [2.24, 2.45) is 0 Å². The monoisotopic (exact) mass is 240 g/mol. The molecule has 16 heavy (non-hydrogen) atoms. The predicted molar refractivity (Wildman–Crippen MR) is 62.7 cm³/mol. The summed E-state index contributed by atoms with van der Waals surface area (Å²) in [6, 6.07) is 0. The molecule has 5 nitrogen and oxygen atoms in total. The Morgan fingerprint density at radius 2 is 2.44 bits per heavy atom. The number of rotatable bonds is 5. The van der Waals surface area contributed by atoms with Crippen molar-refractivity contribution in [1.29, 1.82) is 0 Å². The van der Waals surface area contributed by atoms with Gasteiger partial charge in [-0.25, -0.2) is 0 Å². The molecular formula is C10H16N4OS. The lowest BCUT2D eigenvalue weighted by molar-refractivity contribution is -0.121. The topological polar surface area (TPSA) is 62.7 Å². The first kappa shape index (κ1) is 11.3.